The van der Waals surface area contributed by atoms with Crippen LogP contribution in [0.3, 0.4) is 0 Å². The molecule has 0 unspecified atom stereocenters. The van der Waals surface area contributed by atoms with Crippen molar-refractivity contribution >= 4 is 31.7 Å². The van der Waals surface area contributed by atoms with Crippen LogP contribution in [0.15, 0.2) is 33.9 Å². The summed E-state index contributed by atoms with van der Waals surface area (Å²) in [6.45, 7) is 1.61. The Balaban J connectivity index is 2.42. The molecule has 0 fully saturated rings. The minimum Gasteiger partial charge on any atom is -0.366 e. The van der Waals surface area contributed by atoms with Crippen LogP contribution in [0, 0.1) is 0 Å². The van der Waals surface area contributed by atoms with E-state index in [0.29, 0.717) is 10.4 Å². The van der Waals surface area contributed by atoms with Gasteiger partial charge < -0.3 is 5.73 Å². The molecule has 0 spiro atoms. The predicted octanol–water partition coefficient (Wildman–Crippen LogP) is 1.41. The zero-order valence-corrected chi connectivity index (χ0v) is 11.9. The molecule has 2 N–H and O–H groups in total. The first-order chi connectivity index (χ1) is 8.44. The first-order valence-corrected chi connectivity index (χ1v) is 7.60. The molecule has 2 rings (SSSR count). The number of sulfone groups is 1. The van der Waals surface area contributed by atoms with Gasteiger partial charge in [-0.25, -0.2) is 13.1 Å². The van der Waals surface area contributed by atoms with Gasteiger partial charge in [0.05, 0.1) is 16.3 Å². The van der Waals surface area contributed by atoms with Crippen molar-refractivity contribution in [2.24, 2.45) is 0 Å². The van der Waals surface area contributed by atoms with Crippen molar-refractivity contribution in [3.63, 3.8) is 0 Å². The summed E-state index contributed by atoms with van der Waals surface area (Å²) in [5, 5.41) is 3.98. The van der Waals surface area contributed by atoms with Gasteiger partial charge in [-0.1, -0.05) is 6.92 Å². The first kappa shape index (κ1) is 13.0. The topological polar surface area (TPSA) is 90.9 Å². The van der Waals surface area contributed by atoms with Crippen molar-refractivity contribution in [1.29, 1.82) is 0 Å². The van der Waals surface area contributed by atoms with E-state index >= 15 is 0 Å². The van der Waals surface area contributed by atoms with E-state index in [1.54, 1.807) is 31.2 Å². The van der Waals surface area contributed by atoms with Gasteiger partial charge >= 0.3 is 0 Å². The highest BCUT2D eigenvalue weighted by Crippen LogP contribution is 2.18. The van der Waals surface area contributed by atoms with Gasteiger partial charge in [-0.2, -0.15) is 4.98 Å². The van der Waals surface area contributed by atoms with Crippen molar-refractivity contribution in [3.8, 4) is 5.69 Å². The lowest BCUT2D eigenvalue weighted by Gasteiger charge is -2.04. The van der Waals surface area contributed by atoms with Gasteiger partial charge in [-0.3, -0.25) is 0 Å². The summed E-state index contributed by atoms with van der Waals surface area (Å²) >= 11 is 3.22. The molecule has 0 aliphatic heterocycles. The summed E-state index contributed by atoms with van der Waals surface area (Å²) in [6.07, 6.45) is 0. The predicted molar refractivity (Wildman–Crippen MR) is 71.2 cm³/mol. The molecule has 0 amide bonds. The van der Waals surface area contributed by atoms with Crippen molar-refractivity contribution in [1.82, 2.24) is 14.8 Å². The second-order valence-corrected chi connectivity index (χ2v) is 6.54. The molecule has 0 atom stereocenters. The van der Waals surface area contributed by atoms with E-state index in [4.69, 9.17) is 5.73 Å². The molecule has 0 saturated heterocycles. The minimum atomic E-state index is -3.18. The fourth-order valence-electron chi connectivity index (χ4n) is 1.43. The Kier molecular flexibility index (Phi) is 3.40. The number of aromatic nitrogens is 3. The molecule has 8 heteroatoms. The summed E-state index contributed by atoms with van der Waals surface area (Å²) < 4.78 is 25.3. The maximum Gasteiger partial charge on any atom is 0.240 e. The number of hydrogen-bond donors (Lipinski definition) is 1. The van der Waals surface area contributed by atoms with E-state index in [1.165, 1.54) is 4.68 Å². The van der Waals surface area contributed by atoms with Crippen LogP contribution < -0.4 is 5.73 Å². The summed E-state index contributed by atoms with van der Waals surface area (Å²) in [4.78, 5) is 4.19. The molecule has 1 heterocycles. The standard InChI is InChI=1S/C10H11BrN4O2S/c1-2-18(16,17)8-5-3-7(4-6-8)15-9(11)13-10(12)14-15/h3-6H,2H2,1H3,(H2,12,14). The molecule has 1 aromatic carbocycles. The highest BCUT2D eigenvalue weighted by atomic mass is 79.9. The lowest BCUT2D eigenvalue weighted by atomic mass is 10.3. The van der Waals surface area contributed by atoms with Gasteiger partial charge in [0.2, 0.25) is 10.7 Å². The largest absolute Gasteiger partial charge is 0.366 e. The van der Waals surface area contributed by atoms with Crippen molar-refractivity contribution < 1.29 is 8.42 Å². The fourth-order valence-corrected chi connectivity index (χ4v) is 2.78. The molecule has 2 aromatic rings. The van der Waals surface area contributed by atoms with E-state index in [0.717, 1.165) is 0 Å². The third-order valence-electron chi connectivity index (χ3n) is 2.40. The maximum atomic E-state index is 11.7. The highest BCUT2D eigenvalue weighted by Gasteiger charge is 2.12. The van der Waals surface area contributed by atoms with Crippen LogP contribution in [0.4, 0.5) is 5.95 Å². The van der Waals surface area contributed by atoms with E-state index in [-0.39, 0.29) is 16.6 Å². The van der Waals surface area contributed by atoms with Crippen LogP contribution in [0.1, 0.15) is 6.92 Å². The minimum absolute atomic E-state index is 0.0757. The van der Waals surface area contributed by atoms with Crippen LogP contribution in [0.5, 0.6) is 0 Å². The molecular formula is C10H11BrN4O2S. The zero-order chi connectivity index (χ0) is 13.3. The quantitative estimate of drug-likeness (QED) is 0.918. The third-order valence-corrected chi connectivity index (χ3v) is 4.67. The van der Waals surface area contributed by atoms with E-state index in [2.05, 4.69) is 26.0 Å². The summed E-state index contributed by atoms with van der Waals surface area (Å²) in [5.74, 6) is 0.221. The number of halogens is 1. The average Bonchev–Trinajstić information content (AvgIpc) is 2.69. The number of anilines is 1. The van der Waals surface area contributed by atoms with E-state index in [9.17, 15) is 8.42 Å². The molecule has 0 radical (unpaired) electrons. The van der Waals surface area contributed by atoms with Crippen molar-refractivity contribution in [3.05, 3.63) is 29.0 Å². The van der Waals surface area contributed by atoms with Crippen LogP contribution in [-0.4, -0.2) is 28.9 Å². The Morgan fingerprint density at radius 3 is 2.39 bits per heavy atom. The number of hydrogen-bond acceptors (Lipinski definition) is 5. The average molecular weight is 331 g/mol. The first-order valence-electron chi connectivity index (χ1n) is 5.15. The number of nitrogens with zero attached hydrogens (tertiary/aromatic N) is 3. The molecule has 18 heavy (non-hydrogen) atoms. The molecular weight excluding hydrogens is 320 g/mol. The van der Waals surface area contributed by atoms with Gasteiger partial charge in [0.15, 0.2) is 9.84 Å². The van der Waals surface area contributed by atoms with Crippen LogP contribution in [0.25, 0.3) is 5.69 Å². The van der Waals surface area contributed by atoms with Crippen LogP contribution in [0.2, 0.25) is 0 Å². The van der Waals surface area contributed by atoms with Gasteiger partial charge in [-0.15, -0.1) is 5.10 Å². The molecule has 0 aliphatic carbocycles. The van der Waals surface area contributed by atoms with Crippen molar-refractivity contribution in [2.75, 3.05) is 11.5 Å². The fraction of sp³-hybridized carbons (Fsp3) is 0.200. The second kappa shape index (κ2) is 4.69. The Bertz CT molecular complexity index is 664. The Morgan fingerprint density at radius 1 is 1.33 bits per heavy atom. The van der Waals surface area contributed by atoms with Gasteiger partial charge in [0, 0.05) is 0 Å². The molecule has 0 aliphatic rings. The number of nitrogens with two attached hydrogens (primary N) is 1. The normalized spacial score (nSPS) is 11.7. The summed E-state index contributed by atoms with van der Waals surface area (Å²) in [5.41, 5.74) is 6.15. The van der Waals surface area contributed by atoms with Crippen molar-refractivity contribution in [2.45, 2.75) is 11.8 Å². The second-order valence-electron chi connectivity index (χ2n) is 3.55. The van der Waals surface area contributed by atoms with Gasteiger partial charge in [0.25, 0.3) is 0 Å². The van der Waals surface area contributed by atoms with E-state index in [1.807, 2.05) is 0 Å². The smallest absolute Gasteiger partial charge is 0.240 e. The summed E-state index contributed by atoms with van der Waals surface area (Å²) in [6, 6.07) is 6.39. The number of nitrogen functional groups attached to an aromatic ring is 1. The van der Waals surface area contributed by atoms with Crippen LogP contribution in [-0.2, 0) is 9.84 Å². The molecule has 0 bridgehead atoms. The Morgan fingerprint density at radius 2 is 1.94 bits per heavy atom. The van der Waals surface area contributed by atoms with Crippen LogP contribution >= 0.6 is 15.9 Å². The highest BCUT2D eigenvalue weighted by molar-refractivity contribution is 9.10. The monoisotopic (exact) mass is 330 g/mol. The Labute approximate surface area is 113 Å². The lowest BCUT2D eigenvalue weighted by molar-refractivity contribution is 0.597. The maximum absolute atomic E-state index is 11.7. The van der Waals surface area contributed by atoms with Gasteiger partial charge in [-0.05, 0) is 40.2 Å². The van der Waals surface area contributed by atoms with E-state index < -0.39 is 9.84 Å². The third kappa shape index (κ3) is 2.39. The number of benzene rings is 1. The molecule has 0 saturated carbocycles. The Hall–Kier alpha value is -1.41. The zero-order valence-electron chi connectivity index (χ0n) is 9.54. The lowest BCUT2D eigenvalue weighted by Crippen LogP contribution is -2.04. The molecule has 96 valence electrons. The molecule has 6 nitrogen and oxygen atoms in total. The SMILES string of the molecule is CCS(=O)(=O)c1ccc(-n2nc(N)nc2Br)cc1. The summed E-state index contributed by atoms with van der Waals surface area (Å²) in [7, 11) is -3.18. The number of rotatable bonds is 3. The molecule has 1 aromatic heterocycles. The van der Waals surface area contributed by atoms with Gasteiger partial charge in [0.1, 0.15) is 0 Å².